The number of benzene rings is 1. The topological polar surface area (TPSA) is 52.0 Å². The molecule has 0 saturated heterocycles. The largest absolute Gasteiger partial charge is 0.495 e. The summed E-state index contributed by atoms with van der Waals surface area (Å²) in [7, 11) is 3.44. The van der Waals surface area contributed by atoms with Crippen LogP contribution in [-0.2, 0) is 13.6 Å². The van der Waals surface area contributed by atoms with Crippen LogP contribution in [0.3, 0.4) is 0 Å². The van der Waals surface area contributed by atoms with Crippen LogP contribution in [0.5, 0.6) is 5.75 Å². The summed E-state index contributed by atoms with van der Waals surface area (Å²) >= 11 is 6.02. The molecule has 0 bridgehead atoms. The van der Waals surface area contributed by atoms with E-state index in [2.05, 4.69) is 15.4 Å². The van der Waals surface area contributed by atoms with Crippen molar-refractivity contribution in [3.8, 4) is 5.75 Å². The van der Waals surface area contributed by atoms with Crippen molar-refractivity contribution < 1.29 is 4.74 Å². The van der Waals surface area contributed by atoms with Gasteiger partial charge in [-0.05, 0) is 18.2 Å². The minimum absolute atomic E-state index is 0.579. The Bertz CT molecular complexity index is 512. The van der Waals surface area contributed by atoms with Crippen molar-refractivity contribution in [2.75, 3.05) is 12.4 Å². The quantitative estimate of drug-likeness (QED) is 0.905. The summed E-state index contributed by atoms with van der Waals surface area (Å²) in [5.41, 5.74) is 0.916. The first-order chi connectivity index (χ1) is 8.20. The Balaban J connectivity index is 2.05. The standard InChI is InChI=1S/C11H13ClN4O/c1-16-11(14-7-15-16)6-13-8-3-4-10(17-2)9(12)5-8/h3-5,7,13H,6H2,1-2H3. The van der Waals surface area contributed by atoms with Crippen molar-refractivity contribution >= 4 is 17.3 Å². The Morgan fingerprint density at radius 3 is 2.88 bits per heavy atom. The molecule has 17 heavy (non-hydrogen) atoms. The first-order valence-corrected chi connectivity index (χ1v) is 5.49. The number of ether oxygens (including phenoxy) is 1. The summed E-state index contributed by atoms with van der Waals surface area (Å²) in [6.07, 6.45) is 1.53. The molecule has 6 heteroatoms. The third-order valence-corrected chi connectivity index (χ3v) is 2.70. The number of anilines is 1. The van der Waals surface area contributed by atoms with E-state index >= 15 is 0 Å². The first kappa shape index (κ1) is 11.7. The molecule has 1 N–H and O–H groups in total. The van der Waals surface area contributed by atoms with Crippen molar-refractivity contribution in [1.82, 2.24) is 14.8 Å². The average Bonchev–Trinajstić information content (AvgIpc) is 2.72. The van der Waals surface area contributed by atoms with E-state index in [1.165, 1.54) is 6.33 Å². The number of aryl methyl sites for hydroxylation is 1. The van der Waals surface area contributed by atoms with Crippen LogP contribution in [-0.4, -0.2) is 21.9 Å². The summed E-state index contributed by atoms with van der Waals surface area (Å²) in [5, 5.41) is 7.79. The van der Waals surface area contributed by atoms with Gasteiger partial charge in [0.1, 0.15) is 17.9 Å². The summed E-state index contributed by atoms with van der Waals surface area (Å²) in [6.45, 7) is 0.596. The van der Waals surface area contributed by atoms with Crippen LogP contribution in [0.25, 0.3) is 0 Å². The molecule has 0 spiro atoms. The third-order valence-electron chi connectivity index (χ3n) is 2.41. The van der Waals surface area contributed by atoms with Gasteiger partial charge >= 0.3 is 0 Å². The molecule has 0 atom stereocenters. The maximum absolute atomic E-state index is 6.02. The average molecular weight is 253 g/mol. The summed E-state index contributed by atoms with van der Waals surface area (Å²) in [5.74, 6) is 1.52. The second kappa shape index (κ2) is 5.05. The van der Waals surface area contributed by atoms with E-state index in [-0.39, 0.29) is 0 Å². The highest BCUT2D eigenvalue weighted by Gasteiger charge is 2.03. The monoisotopic (exact) mass is 252 g/mol. The SMILES string of the molecule is COc1ccc(NCc2ncnn2C)cc1Cl. The second-order valence-corrected chi connectivity index (χ2v) is 3.91. The van der Waals surface area contributed by atoms with Gasteiger partial charge in [0, 0.05) is 12.7 Å². The van der Waals surface area contributed by atoms with Crippen LogP contribution >= 0.6 is 11.6 Å². The van der Waals surface area contributed by atoms with Crippen LogP contribution < -0.4 is 10.1 Å². The van der Waals surface area contributed by atoms with Gasteiger partial charge in [0.25, 0.3) is 0 Å². The predicted octanol–water partition coefficient (Wildman–Crippen LogP) is 2.09. The fourth-order valence-electron chi connectivity index (χ4n) is 1.44. The molecule has 0 aliphatic carbocycles. The Morgan fingerprint density at radius 2 is 2.29 bits per heavy atom. The Labute approximate surface area is 104 Å². The maximum atomic E-state index is 6.02. The molecule has 2 aromatic rings. The summed E-state index contributed by atoms with van der Waals surface area (Å²) in [4.78, 5) is 4.12. The predicted molar refractivity (Wildman–Crippen MR) is 66.3 cm³/mol. The van der Waals surface area contributed by atoms with Crippen molar-refractivity contribution in [3.63, 3.8) is 0 Å². The van der Waals surface area contributed by atoms with Gasteiger partial charge in [-0.3, -0.25) is 4.68 Å². The van der Waals surface area contributed by atoms with Gasteiger partial charge < -0.3 is 10.1 Å². The highest BCUT2D eigenvalue weighted by molar-refractivity contribution is 6.32. The smallest absolute Gasteiger partial charge is 0.145 e. The van der Waals surface area contributed by atoms with E-state index in [0.29, 0.717) is 17.3 Å². The van der Waals surface area contributed by atoms with Crippen LogP contribution in [0, 0.1) is 0 Å². The first-order valence-electron chi connectivity index (χ1n) is 5.11. The molecule has 5 nitrogen and oxygen atoms in total. The van der Waals surface area contributed by atoms with E-state index < -0.39 is 0 Å². The number of hydrogen-bond donors (Lipinski definition) is 1. The Morgan fingerprint density at radius 1 is 1.47 bits per heavy atom. The fraction of sp³-hybridized carbons (Fsp3) is 0.273. The zero-order valence-electron chi connectivity index (χ0n) is 9.64. The minimum atomic E-state index is 0.579. The van der Waals surface area contributed by atoms with E-state index in [1.54, 1.807) is 11.8 Å². The zero-order valence-corrected chi connectivity index (χ0v) is 10.4. The Kier molecular flexibility index (Phi) is 3.49. The highest BCUT2D eigenvalue weighted by Crippen LogP contribution is 2.27. The number of rotatable bonds is 4. The number of hydrogen-bond acceptors (Lipinski definition) is 4. The van der Waals surface area contributed by atoms with Crippen LogP contribution in [0.15, 0.2) is 24.5 Å². The fourth-order valence-corrected chi connectivity index (χ4v) is 1.70. The van der Waals surface area contributed by atoms with Crippen molar-refractivity contribution in [2.24, 2.45) is 7.05 Å². The van der Waals surface area contributed by atoms with E-state index in [1.807, 2.05) is 25.2 Å². The number of nitrogens with zero attached hydrogens (tertiary/aromatic N) is 3. The number of aromatic nitrogens is 3. The van der Waals surface area contributed by atoms with E-state index in [0.717, 1.165) is 11.5 Å². The van der Waals surface area contributed by atoms with Crippen molar-refractivity contribution in [2.45, 2.75) is 6.54 Å². The molecule has 1 heterocycles. The lowest BCUT2D eigenvalue weighted by molar-refractivity contribution is 0.415. The second-order valence-electron chi connectivity index (χ2n) is 3.50. The van der Waals surface area contributed by atoms with Gasteiger partial charge in [0.15, 0.2) is 0 Å². The van der Waals surface area contributed by atoms with E-state index in [9.17, 15) is 0 Å². The molecule has 0 unspecified atom stereocenters. The molecule has 0 aliphatic rings. The van der Waals surface area contributed by atoms with Gasteiger partial charge in [-0.25, -0.2) is 4.98 Å². The molecule has 0 radical (unpaired) electrons. The van der Waals surface area contributed by atoms with Gasteiger partial charge in [-0.2, -0.15) is 5.10 Å². The van der Waals surface area contributed by atoms with Crippen LogP contribution in [0.2, 0.25) is 5.02 Å². The zero-order chi connectivity index (χ0) is 12.3. The molecular formula is C11H13ClN4O. The third kappa shape index (κ3) is 2.68. The molecule has 0 saturated carbocycles. The van der Waals surface area contributed by atoms with Crippen LogP contribution in [0.1, 0.15) is 5.82 Å². The van der Waals surface area contributed by atoms with Crippen molar-refractivity contribution in [3.05, 3.63) is 35.4 Å². The maximum Gasteiger partial charge on any atom is 0.145 e. The molecule has 0 amide bonds. The Hall–Kier alpha value is -1.75. The van der Waals surface area contributed by atoms with Gasteiger partial charge in [-0.15, -0.1) is 0 Å². The lowest BCUT2D eigenvalue weighted by Gasteiger charge is -2.08. The van der Waals surface area contributed by atoms with E-state index in [4.69, 9.17) is 16.3 Å². The number of nitrogens with one attached hydrogen (secondary N) is 1. The summed E-state index contributed by atoms with van der Waals surface area (Å²) in [6, 6.07) is 5.54. The molecule has 90 valence electrons. The highest BCUT2D eigenvalue weighted by atomic mass is 35.5. The molecule has 2 rings (SSSR count). The minimum Gasteiger partial charge on any atom is -0.495 e. The molecule has 0 fully saturated rings. The molecule has 0 aliphatic heterocycles. The lowest BCUT2D eigenvalue weighted by Crippen LogP contribution is -2.06. The molecule has 1 aromatic carbocycles. The lowest BCUT2D eigenvalue weighted by atomic mass is 10.3. The van der Waals surface area contributed by atoms with Gasteiger partial charge in [0.2, 0.25) is 0 Å². The van der Waals surface area contributed by atoms with Crippen LogP contribution in [0.4, 0.5) is 5.69 Å². The normalized spacial score (nSPS) is 10.3. The van der Waals surface area contributed by atoms with Crippen molar-refractivity contribution in [1.29, 1.82) is 0 Å². The van der Waals surface area contributed by atoms with Gasteiger partial charge in [-0.1, -0.05) is 11.6 Å². The molecular weight excluding hydrogens is 240 g/mol. The number of halogens is 1. The number of methoxy groups -OCH3 is 1. The van der Waals surface area contributed by atoms with Gasteiger partial charge in [0.05, 0.1) is 18.7 Å². The summed E-state index contributed by atoms with van der Waals surface area (Å²) < 4.78 is 6.80. The molecule has 1 aromatic heterocycles.